The van der Waals surface area contributed by atoms with Crippen molar-refractivity contribution < 1.29 is 13.9 Å². The zero-order chi connectivity index (χ0) is 20.1. The Morgan fingerprint density at radius 3 is 2.75 bits per heavy atom. The van der Waals surface area contributed by atoms with Gasteiger partial charge >= 0.3 is 5.76 Å². The van der Waals surface area contributed by atoms with Gasteiger partial charge in [-0.1, -0.05) is 24.3 Å². The van der Waals surface area contributed by atoms with Crippen LogP contribution in [0.3, 0.4) is 0 Å². The van der Waals surface area contributed by atoms with Crippen LogP contribution in [0.15, 0.2) is 57.7 Å². The zero-order valence-electron chi connectivity index (χ0n) is 16.3. The molecule has 3 aromatic rings. The average Bonchev–Trinajstić information content (AvgIpc) is 3.01. The van der Waals surface area contributed by atoms with E-state index >= 15 is 0 Å². The lowest BCUT2D eigenvalue weighted by atomic mass is 10.1. The molecule has 0 saturated carbocycles. The normalized spacial score (nSPS) is 12.3. The topological polar surface area (TPSA) is 76.7 Å². The van der Waals surface area contributed by atoms with E-state index in [1.54, 1.807) is 13.2 Å². The predicted octanol–water partition coefficient (Wildman–Crippen LogP) is 2.41. The monoisotopic (exact) mass is 383 g/mol. The van der Waals surface area contributed by atoms with Gasteiger partial charge in [-0.2, -0.15) is 0 Å². The van der Waals surface area contributed by atoms with Gasteiger partial charge in [0, 0.05) is 19.5 Å². The largest absolute Gasteiger partial charge is 0.497 e. The van der Waals surface area contributed by atoms with Gasteiger partial charge in [0.05, 0.1) is 18.7 Å². The SMILES string of the molecule is COc1cccc([C@H](CNC(=O)CCn2c(=O)oc3ccccc32)N(C)C)c1. The summed E-state index contributed by atoms with van der Waals surface area (Å²) in [4.78, 5) is 26.4. The molecule has 0 aliphatic heterocycles. The van der Waals surface area contributed by atoms with Gasteiger partial charge in [-0.15, -0.1) is 0 Å². The quantitative estimate of drug-likeness (QED) is 0.646. The van der Waals surface area contributed by atoms with Crippen molar-refractivity contribution in [2.75, 3.05) is 27.7 Å². The van der Waals surface area contributed by atoms with Crippen LogP contribution in [0, 0.1) is 0 Å². The summed E-state index contributed by atoms with van der Waals surface area (Å²) >= 11 is 0. The van der Waals surface area contributed by atoms with Gasteiger partial charge in [0.1, 0.15) is 5.75 Å². The maximum absolute atomic E-state index is 12.4. The number of hydrogen-bond donors (Lipinski definition) is 1. The molecule has 0 unspecified atom stereocenters. The van der Waals surface area contributed by atoms with Crippen molar-refractivity contribution >= 4 is 17.0 Å². The van der Waals surface area contributed by atoms with Gasteiger partial charge in [0.15, 0.2) is 5.58 Å². The Labute approximate surface area is 163 Å². The van der Waals surface area contributed by atoms with Gasteiger partial charge in [-0.05, 0) is 43.9 Å². The lowest BCUT2D eigenvalue weighted by Crippen LogP contribution is -2.35. The molecule has 0 saturated heterocycles. The van der Waals surface area contributed by atoms with E-state index in [0.717, 1.165) is 11.3 Å². The van der Waals surface area contributed by atoms with Crippen LogP contribution in [-0.4, -0.2) is 43.1 Å². The van der Waals surface area contributed by atoms with E-state index in [4.69, 9.17) is 9.15 Å². The molecule has 0 fully saturated rings. The Balaban J connectivity index is 1.62. The van der Waals surface area contributed by atoms with Gasteiger partial charge < -0.3 is 19.4 Å². The third kappa shape index (κ3) is 4.43. The van der Waals surface area contributed by atoms with Crippen LogP contribution < -0.4 is 15.8 Å². The number of oxazole rings is 1. The molecule has 0 aliphatic rings. The van der Waals surface area contributed by atoms with Crippen LogP contribution in [0.25, 0.3) is 11.1 Å². The summed E-state index contributed by atoms with van der Waals surface area (Å²) in [6.45, 7) is 0.730. The number of benzene rings is 2. The van der Waals surface area contributed by atoms with Crippen LogP contribution in [0.1, 0.15) is 18.0 Å². The van der Waals surface area contributed by atoms with E-state index in [1.165, 1.54) is 4.57 Å². The summed E-state index contributed by atoms with van der Waals surface area (Å²) in [7, 11) is 5.56. The van der Waals surface area contributed by atoms with Gasteiger partial charge in [0.2, 0.25) is 5.91 Å². The second-order valence-corrected chi connectivity index (χ2v) is 6.80. The number of aryl methyl sites for hydroxylation is 1. The zero-order valence-corrected chi connectivity index (χ0v) is 16.3. The molecule has 0 bridgehead atoms. The lowest BCUT2D eigenvalue weighted by molar-refractivity contribution is -0.121. The first-order chi connectivity index (χ1) is 13.5. The maximum Gasteiger partial charge on any atom is 0.419 e. The van der Waals surface area contributed by atoms with Gasteiger partial charge in [0.25, 0.3) is 0 Å². The lowest BCUT2D eigenvalue weighted by Gasteiger charge is -2.25. The molecule has 28 heavy (non-hydrogen) atoms. The van der Waals surface area contributed by atoms with Gasteiger partial charge in [-0.25, -0.2) is 4.79 Å². The van der Waals surface area contributed by atoms with E-state index in [1.807, 2.05) is 61.5 Å². The highest BCUT2D eigenvalue weighted by Gasteiger charge is 2.16. The maximum atomic E-state index is 12.4. The third-order valence-electron chi connectivity index (χ3n) is 4.73. The number of para-hydroxylation sites is 2. The molecule has 0 radical (unpaired) electrons. The molecule has 1 atom stereocenters. The van der Waals surface area contributed by atoms with Crippen LogP contribution in [0.4, 0.5) is 0 Å². The number of carbonyl (C=O) groups excluding carboxylic acids is 1. The van der Waals surface area contributed by atoms with E-state index < -0.39 is 5.76 Å². The summed E-state index contributed by atoms with van der Waals surface area (Å²) in [6.07, 6.45) is 0.196. The van der Waals surface area contributed by atoms with Crippen LogP contribution >= 0.6 is 0 Å². The average molecular weight is 383 g/mol. The fourth-order valence-electron chi connectivity index (χ4n) is 3.19. The second-order valence-electron chi connectivity index (χ2n) is 6.80. The second kappa shape index (κ2) is 8.75. The molecule has 1 amide bonds. The first-order valence-corrected chi connectivity index (χ1v) is 9.15. The number of likely N-dealkylation sites (N-methyl/N-ethyl adjacent to an activating group) is 1. The highest BCUT2D eigenvalue weighted by Crippen LogP contribution is 2.22. The molecule has 1 N–H and O–H groups in total. The summed E-state index contributed by atoms with van der Waals surface area (Å²) in [5.41, 5.74) is 2.28. The minimum absolute atomic E-state index is 0.0107. The molecule has 7 heteroatoms. The first kappa shape index (κ1) is 19.7. The molecule has 2 aromatic carbocycles. The number of nitrogens with one attached hydrogen (secondary N) is 1. The van der Waals surface area contributed by atoms with Crippen molar-refractivity contribution in [3.05, 3.63) is 64.6 Å². The van der Waals surface area contributed by atoms with E-state index in [0.29, 0.717) is 17.6 Å². The molecule has 1 heterocycles. The first-order valence-electron chi connectivity index (χ1n) is 9.15. The van der Waals surface area contributed by atoms with Crippen molar-refractivity contribution in [3.8, 4) is 5.75 Å². The molecular weight excluding hydrogens is 358 g/mol. The highest BCUT2D eigenvalue weighted by molar-refractivity contribution is 5.76. The number of fused-ring (bicyclic) bond motifs is 1. The molecular formula is C21H25N3O4. The standard InChI is InChI=1S/C21H25N3O4/c1-23(2)18(15-7-6-8-16(13-15)27-3)14-22-20(25)11-12-24-17-9-4-5-10-19(17)28-21(24)26/h4-10,13,18H,11-12,14H2,1-3H3,(H,22,25)/t18-/m0/s1. The Kier molecular flexibility index (Phi) is 6.16. The number of hydrogen-bond acceptors (Lipinski definition) is 5. The van der Waals surface area contributed by atoms with Crippen molar-refractivity contribution in [1.82, 2.24) is 14.8 Å². The van der Waals surface area contributed by atoms with Crippen LogP contribution in [0.2, 0.25) is 0 Å². The number of aromatic nitrogens is 1. The number of nitrogens with zero attached hydrogens (tertiary/aromatic N) is 2. The van der Waals surface area contributed by atoms with Crippen molar-refractivity contribution in [2.24, 2.45) is 0 Å². The van der Waals surface area contributed by atoms with Crippen molar-refractivity contribution in [2.45, 2.75) is 19.0 Å². The fraction of sp³-hybridized carbons (Fsp3) is 0.333. The van der Waals surface area contributed by atoms with E-state index in [2.05, 4.69) is 5.32 Å². The number of rotatable bonds is 8. The number of amides is 1. The summed E-state index contributed by atoms with van der Waals surface area (Å²) in [5.74, 6) is 0.213. The minimum Gasteiger partial charge on any atom is -0.497 e. The Morgan fingerprint density at radius 2 is 2.00 bits per heavy atom. The van der Waals surface area contributed by atoms with E-state index in [9.17, 15) is 9.59 Å². The summed E-state index contributed by atoms with van der Waals surface area (Å²) in [5, 5.41) is 2.96. The Bertz CT molecular complexity index is 1010. The summed E-state index contributed by atoms with van der Waals surface area (Å²) in [6, 6.07) is 15.0. The van der Waals surface area contributed by atoms with Gasteiger partial charge in [-0.3, -0.25) is 9.36 Å². The van der Waals surface area contributed by atoms with Crippen LogP contribution in [0.5, 0.6) is 5.75 Å². The number of carbonyl (C=O) groups is 1. The third-order valence-corrected chi connectivity index (χ3v) is 4.73. The minimum atomic E-state index is -0.448. The fourth-order valence-corrected chi connectivity index (χ4v) is 3.19. The molecule has 7 nitrogen and oxygen atoms in total. The Morgan fingerprint density at radius 1 is 1.21 bits per heavy atom. The number of methoxy groups -OCH3 is 1. The smallest absolute Gasteiger partial charge is 0.419 e. The molecule has 0 aliphatic carbocycles. The van der Waals surface area contributed by atoms with Crippen molar-refractivity contribution in [1.29, 1.82) is 0 Å². The summed E-state index contributed by atoms with van der Waals surface area (Å²) < 4.78 is 12.0. The number of ether oxygens (including phenoxy) is 1. The van der Waals surface area contributed by atoms with Crippen LogP contribution in [-0.2, 0) is 11.3 Å². The molecule has 0 spiro atoms. The van der Waals surface area contributed by atoms with E-state index in [-0.39, 0.29) is 24.9 Å². The molecule has 1 aromatic heterocycles. The molecule has 148 valence electrons. The highest BCUT2D eigenvalue weighted by atomic mass is 16.5. The van der Waals surface area contributed by atoms with Crippen molar-refractivity contribution in [3.63, 3.8) is 0 Å². The Hall–Kier alpha value is -3.06. The molecule has 3 rings (SSSR count). The predicted molar refractivity (Wildman–Crippen MR) is 108 cm³/mol.